The summed E-state index contributed by atoms with van der Waals surface area (Å²) >= 11 is 12.9. The molecule has 6 heteroatoms. The molecule has 0 radical (unpaired) electrons. The highest BCUT2D eigenvalue weighted by Gasteiger charge is 2.13. The van der Waals surface area contributed by atoms with Crippen LogP contribution < -0.4 is 4.74 Å². The first-order chi connectivity index (χ1) is 14.4. The van der Waals surface area contributed by atoms with Crippen LogP contribution in [0.5, 0.6) is 11.5 Å². The molecular formula is C24H22Cl2O4. The van der Waals surface area contributed by atoms with Gasteiger partial charge in [0.15, 0.2) is 5.78 Å². The van der Waals surface area contributed by atoms with Gasteiger partial charge in [-0.15, -0.1) is 0 Å². The molecule has 4 nitrogen and oxygen atoms in total. The Kier molecular flexibility index (Phi) is 7.38. The van der Waals surface area contributed by atoms with Gasteiger partial charge in [0.1, 0.15) is 18.1 Å². The molecule has 0 saturated carbocycles. The smallest absolute Gasteiger partial charge is 0.167 e. The monoisotopic (exact) mass is 444 g/mol. The molecule has 0 saturated heterocycles. The van der Waals surface area contributed by atoms with Crippen LogP contribution in [0.15, 0.2) is 54.6 Å². The predicted octanol–water partition coefficient (Wildman–Crippen LogP) is 6.07. The summed E-state index contributed by atoms with van der Waals surface area (Å²) in [4.78, 5) is 11.1. The molecule has 3 rings (SSSR count). The Morgan fingerprint density at radius 3 is 2.40 bits per heavy atom. The summed E-state index contributed by atoms with van der Waals surface area (Å²) in [5, 5.41) is 11.3. The molecule has 0 bridgehead atoms. The van der Waals surface area contributed by atoms with Gasteiger partial charge in [0.2, 0.25) is 0 Å². The van der Waals surface area contributed by atoms with E-state index in [4.69, 9.17) is 32.7 Å². The second kappa shape index (κ2) is 9.98. The highest BCUT2D eigenvalue weighted by molar-refractivity contribution is 6.36. The first-order valence-electron chi connectivity index (χ1n) is 9.37. The lowest BCUT2D eigenvalue weighted by molar-refractivity contribution is -0.118. The zero-order valence-electron chi connectivity index (χ0n) is 16.7. The van der Waals surface area contributed by atoms with Gasteiger partial charge >= 0.3 is 0 Å². The second-order valence-corrected chi connectivity index (χ2v) is 7.83. The van der Waals surface area contributed by atoms with Crippen molar-refractivity contribution in [2.45, 2.75) is 20.0 Å². The molecule has 0 aliphatic rings. The van der Waals surface area contributed by atoms with E-state index >= 15 is 0 Å². The van der Waals surface area contributed by atoms with E-state index in [1.54, 1.807) is 25.3 Å². The van der Waals surface area contributed by atoms with Crippen molar-refractivity contribution in [2.75, 3.05) is 13.7 Å². The van der Waals surface area contributed by atoms with Gasteiger partial charge in [0.25, 0.3) is 0 Å². The number of carbonyl (C=O) groups excluding carboxylic acids is 1. The SMILES string of the molecule is COCc1cccc(-c2cc(Cc3c(Cl)cc(OCC(C)=O)cc3Cl)ccc2O)c1. The third-order valence-electron chi connectivity index (χ3n) is 4.55. The molecule has 156 valence electrons. The predicted molar refractivity (Wildman–Crippen MR) is 120 cm³/mol. The number of halogens is 2. The van der Waals surface area contributed by atoms with Crippen molar-refractivity contribution in [3.63, 3.8) is 0 Å². The van der Waals surface area contributed by atoms with Crippen molar-refractivity contribution in [3.8, 4) is 22.6 Å². The number of methoxy groups -OCH3 is 1. The Morgan fingerprint density at radius 1 is 1.00 bits per heavy atom. The summed E-state index contributed by atoms with van der Waals surface area (Å²) in [5.41, 5.74) is 4.33. The van der Waals surface area contributed by atoms with Crippen LogP contribution in [0.3, 0.4) is 0 Å². The number of phenolic OH excluding ortho intramolecular Hbond substituents is 1. The van der Waals surface area contributed by atoms with Gasteiger partial charge in [0.05, 0.1) is 6.61 Å². The van der Waals surface area contributed by atoms with Crippen LogP contribution in [0.25, 0.3) is 11.1 Å². The van der Waals surface area contributed by atoms with Crippen LogP contribution in [0.4, 0.5) is 0 Å². The summed E-state index contributed by atoms with van der Waals surface area (Å²) in [6.45, 7) is 1.91. The van der Waals surface area contributed by atoms with Crippen molar-refractivity contribution < 1.29 is 19.4 Å². The number of ether oxygens (including phenoxy) is 2. The maximum Gasteiger partial charge on any atom is 0.167 e. The largest absolute Gasteiger partial charge is 0.507 e. The summed E-state index contributed by atoms with van der Waals surface area (Å²) in [6.07, 6.45) is 0.482. The Balaban J connectivity index is 1.89. The minimum absolute atomic E-state index is 0.0323. The number of aromatic hydroxyl groups is 1. The van der Waals surface area contributed by atoms with Crippen molar-refractivity contribution in [3.05, 3.63) is 81.3 Å². The zero-order chi connectivity index (χ0) is 21.7. The minimum Gasteiger partial charge on any atom is -0.507 e. The van der Waals surface area contributed by atoms with Gasteiger partial charge in [-0.3, -0.25) is 4.79 Å². The van der Waals surface area contributed by atoms with E-state index in [2.05, 4.69) is 0 Å². The molecule has 0 heterocycles. The number of Topliss-reactive ketones (excluding diaryl/α,β-unsaturated/α-hetero) is 1. The molecule has 0 unspecified atom stereocenters. The quantitative estimate of drug-likeness (QED) is 0.457. The van der Waals surface area contributed by atoms with Crippen LogP contribution in [0.1, 0.15) is 23.6 Å². The molecule has 0 fully saturated rings. The maximum atomic E-state index is 11.1. The average Bonchev–Trinajstić information content (AvgIpc) is 2.71. The van der Waals surface area contributed by atoms with E-state index in [0.29, 0.717) is 28.8 Å². The van der Waals surface area contributed by atoms with Crippen LogP contribution in [0.2, 0.25) is 10.0 Å². The molecule has 0 aliphatic carbocycles. The molecule has 0 amide bonds. The molecule has 0 atom stereocenters. The number of hydrogen-bond donors (Lipinski definition) is 1. The second-order valence-electron chi connectivity index (χ2n) is 7.02. The fourth-order valence-electron chi connectivity index (χ4n) is 3.14. The summed E-state index contributed by atoms with van der Waals surface area (Å²) in [5.74, 6) is 0.557. The number of hydrogen-bond acceptors (Lipinski definition) is 4. The highest BCUT2D eigenvalue weighted by atomic mass is 35.5. The first kappa shape index (κ1) is 22.2. The van der Waals surface area contributed by atoms with Gasteiger partial charge in [-0.2, -0.15) is 0 Å². The van der Waals surface area contributed by atoms with E-state index in [1.807, 2.05) is 36.4 Å². The Hall–Kier alpha value is -2.53. The van der Waals surface area contributed by atoms with E-state index in [0.717, 1.165) is 27.8 Å². The number of rotatable bonds is 8. The third-order valence-corrected chi connectivity index (χ3v) is 5.22. The maximum absolute atomic E-state index is 11.1. The summed E-state index contributed by atoms with van der Waals surface area (Å²) < 4.78 is 10.6. The van der Waals surface area contributed by atoms with E-state index < -0.39 is 0 Å². The first-order valence-corrected chi connectivity index (χ1v) is 10.1. The van der Waals surface area contributed by atoms with E-state index in [9.17, 15) is 9.90 Å². The number of benzene rings is 3. The van der Waals surface area contributed by atoms with Crippen LogP contribution >= 0.6 is 23.2 Å². The van der Waals surface area contributed by atoms with Crippen LogP contribution in [0, 0.1) is 0 Å². The molecule has 0 aromatic heterocycles. The Morgan fingerprint density at radius 2 is 1.73 bits per heavy atom. The lowest BCUT2D eigenvalue weighted by Crippen LogP contribution is -2.06. The molecular weight excluding hydrogens is 423 g/mol. The Bertz CT molecular complexity index is 1040. The molecule has 3 aromatic carbocycles. The average molecular weight is 445 g/mol. The van der Waals surface area contributed by atoms with Crippen molar-refractivity contribution in [1.82, 2.24) is 0 Å². The van der Waals surface area contributed by atoms with Crippen molar-refractivity contribution in [1.29, 1.82) is 0 Å². The minimum atomic E-state index is -0.0856. The lowest BCUT2D eigenvalue weighted by atomic mass is 9.97. The van der Waals surface area contributed by atoms with E-state index in [1.165, 1.54) is 6.92 Å². The van der Waals surface area contributed by atoms with Crippen LogP contribution in [-0.4, -0.2) is 24.6 Å². The molecule has 1 N–H and O–H groups in total. The standard InChI is InChI=1S/C24H22Cl2O4/c1-15(27)13-30-19-11-22(25)21(23(26)12-19)10-16-6-7-24(28)20(9-16)18-5-3-4-17(8-18)14-29-2/h3-9,11-12,28H,10,13-14H2,1-2H3. The number of carbonyl (C=O) groups is 1. The molecule has 0 aliphatic heterocycles. The molecule has 3 aromatic rings. The fraction of sp³-hybridized carbons (Fsp3) is 0.208. The normalized spacial score (nSPS) is 10.8. The number of phenols is 1. The van der Waals surface area contributed by atoms with Gasteiger partial charge in [-0.1, -0.05) is 47.5 Å². The highest BCUT2D eigenvalue weighted by Crippen LogP contribution is 2.35. The molecule has 0 spiro atoms. The van der Waals surface area contributed by atoms with Gasteiger partial charge in [0, 0.05) is 29.1 Å². The fourth-order valence-corrected chi connectivity index (χ4v) is 3.74. The van der Waals surface area contributed by atoms with Crippen LogP contribution in [-0.2, 0) is 22.6 Å². The zero-order valence-corrected chi connectivity index (χ0v) is 18.3. The van der Waals surface area contributed by atoms with Crippen molar-refractivity contribution in [2.24, 2.45) is 0 Å². The van der Waals surface area contributed by atoms with E-state index in [-0.39, 0.29) is 18.1 Å². The Labute approximate surface area is 186 Å². The lowest BCUT2D eigenvalue weighted by Gasteiger charge is -2.13. The van der Waals surface area contributed by atoms with Gasteiger partial charge < -0.3 is 14.6 Å². The number of ketones is 1. The molecule has 30 heavy (non-hydrogen) atoms. The third kappa shape index (κ3) is 5.54. The van der Waals surface area contributed by atoms with Crippen molar-refractivity contribution >= 4 is 29.0 Å². The summed E-state index contributed by atoms with van der Waals surface area (Å²) in [7, 11) is 1.65. The summed E-state index contributed by atoms with van der Waals surface area (Å²) in [6, 6.07) is 16.6. The van der Waals surface area contributed by atoms with Gasteiger partial charge in [-0.05, 0) is 59.5 Å². The van der Waals surface area contributed by atoms with Gasteiger partial charge in [-0.25, -0.2) is 0 Å². The topological polar surface area (TPSA) is 55.8 Å².